The van der Waals surface area contributed by atoms with Crippen molar-refractivity contribution >= 4 is 17.5 Å². The topological polar surface area (TPSA) is 74.6 Å². The van der Waals surface area contributed by atoms with Gasteiger partial charge in [-0.3, -0.25) is 14.3 Å². The van der Waals surface area contributed by atoms with Crippen molar-refractivity contribution in [1.82, 2.24) is 24.6 Å². The largest absolute Gasteiger partial charge is 0.357 e. The van der Waals surface area contributed by atoms with Crippen LogP contribution in [-0.2, 0) is 13.5 Å². The van der Waals surface area contributed by atoms with Gasteiger partial charge in [0.25, 0.3) is 5.91 Å². The van der Waals surface area contributed by atoms with Crippen molar-refractivity contribution in [2.45, 2.75) is 38.1 Å². The molecule has 8 heteroatoms. The number of aromatic nitrogens is 3. The molecule has 0 N–H and O–H groups in total. The number of carbonyl (C=O) groups excluding carboxylic acids is 2. The molecule has 0 saturated carbocycles. The number of carbonyl (C=O) groups is 2. The second-order valence-electron chi connectivity index (χ2n) is 12.2. The molecule has 2 aromatic carbocycles. The van der Waals surface area contributed by atoms with Crippen molar-refractivity contribution in [2.75, 3.05) is 45.2 Å². The van der Waals surface area contributed by atoms with Gasteiger partial charge in [-0.2, -0.15) is 5.10 Å². The molecule has 1 amide bonds. The van der Waals surface area contributed by atoms with Crippen LogP contribution in [0.5, 0.6) is 0 Å². The van der Waals surface area contributed by atoms with Gasteiger partial charge in [-0.25, -0.2) is 4.98 Å². The molecule has 0 aliphatic carbocycles. The summed E-state index contributed by atoms with van der Waals surface area (Å²) in [6.07, 6.45) is 8.03. The number of hydrogen-bond acceptors (Lipinski definition) is 6. The summed E-state index contributed by atoms with van der Waals surface area (Å²) in [7, 11) is 6.17. The number of nitrogens with zero attached hydrogens (tertiary/aromatic N) is 6. The first-order valence-corrected chi connectivity index (χ1v) is 15.1. The number of likely N-dealkylation sites (tertiary alicyclic amines) is 2. The number of hydrogen-bond donors (Lipinski definition) is 0. The predicted molar refractivity (Wildman–Crippen MR) is 170 cm³/mol. The summed E-state index contributed by atoms with van der Waals surface area (Å²) in [6.45, 7) is 5.55. The van der Waals surface area contributed by atoms with Crippen LogP contribution in [0.1, 0.15) is 56.2 Å². The number of aryl methyl sites for hydroxylation is 2. The zero-order valence-electron chi connectivity index (χ0n) is 25.5. The fourth-order valence-electron chi connectivity index (χ4n) is 6.15. The second kappa shape index (κ2) is 12.1. The van der Waals surface area contributed by atoms with Gasteiger partial charge in [-0.1, -0.05) is 30.3 Å². The van der Waals surface area contributed by atoms with Crippen LogP contribution in [0.4, 0.5) is 5.82 Å². The van der Waals surface area contributed by atoms with Gasteiger partial charge in [0.15, 0.2) is 5.78 Å². The molecule has 8 nitrogen and oxygen atoms in total. The molecule has 4 aromatic rings. The van der Waals surface area contributed by atoms with Gasteiger partial charge in [0, 0.05) is 74.6 Å². The van der Waals surface area contributed by atoms with Crippen molar-refractivity contribution in [3.8, 4) is 11.1 Å². The zero-order valence-corrected chi connectivity index (χ0v) is 25.5. The molecule has 0 atom stereocenters. The molecule has 6 rings (SSSR count). The van der Waals surface area contributed by atoms with Crippen molar-refractivity contribution in [2.24, 2.45) is 7.05 Å². The Labute approximate surface area is 253 Å². The second-order valence-corrected chi connectivity index (χ2v) is 12.2. The standard InChI is InChI=1S/C35H40N6O2/c1-24-5-6-27(35(43)41-22-31(23-41)26-9-7-25(8-10-26)30-20-37-39(3)21-30)17-29(24)18-33(42)28-11-12-34(36-19-28)40(4)32-13-15-38(2)16-14-32/h5-12,17,19-21,31-32H,13-16,18,22-23H2,1-4H3. The van der Waals surface area contributed by atoms with Crippen LogP contribution < -0.4 is 4.90 Å². The molecule has 4 heterocycles. The Morgan fingerprint density at radius 2 is 1.63 bits per heavy atom. The van der Waals surface area contributed by atoms with Gasteiger partial charge < -0.3 is 14.7 Å². The van der Waals surface area contributed by atoms with E-state index >= 15 is 0 Å². The number of ketones is 1. The molecular weight excluding hydrogens is 536 g/mol. The summed E-state index contributed by atoms with van der Waals surface area (Å²) in [5, 5.41) is 4.25. The Kier molecular flexibility index (Phi) is 8.13. The number of Topliss-reactive ketones (excluding diaryl/α,β-unsaturated/α-hetero) is 1. The van der Waals surface area contributed by atoms with E-state index in [1.807, 2.05) is 61.6 Å². The van der Waals surface area contributed by atoms with Crippen LogP contribution >= 0.6 is 0 Å². The van der Waals surface area contributed by atoms with E-state index in [9.17, 15) is 9.59 Å². The molecule has 2 aromatic heterocycles. The number of anilines is 1. The summed E-state index contributed by atoms with van der Waals surface area (Å²) in [6, 6.07) is 18.5. The van der Waals surface area contributed by atoms with Gasteiger partial charge >= 0.3 is 0 Å². The third-order valence-electron chi connectivity index (χ3n) is 9.20. The lowest BCUT2D eigenvalue weighted by Crippen LogP contribution is -2.48. The van der Waals surface area contributed by atoms with Crippen LogP contribution in [0.25, 0.3) is 11.1 Å². The number of benzene rings is 2. The number of rotatable bonds is 8. The minimum atomic E-state index is 0.00689. The maximum absolute atomic E-state index is 13.3. The Hall–Kier alpha value is -4.30. The lowest BCUT2D eigenvalue weighted by molar-refractivity contribution is 0.0602. The highest BCUT2D eigenvalue weighted by Crippen LogP contribution is 2.30. The van der Waals surface area contributed by atoms with E-state index in [1.54, 1.807) is 10.9 Å². The molecular formula is C35H40N6O2. The Bertz CT molecular complexity index is 1600. The fourth-order valence-corrected chi connectivity index (χ4v) is 6.15. The highest BCUT2D eigenvalue weighted by Gasteiger charge is 2.32. The zero-order chi connectivity index (χ0) is 30.1. The lowest BCUT2D eigenvalue weighted by atomic mass is 9.89. The highest BCUT2D eigenvalue weighted by atomic mass is 16.2. The summed E-state index contributed by atoms with van der Waals surface area (Å²) < 4.78 is 1.80. The van der Waals surface area contributed by atoms with Crippen molar-refractivity contribution in [3.05, 3.63) is 101 Å². The molecule has 2 saturated heterocycles. The monoisotopic (exact) mass is 576 g/mol. The van der Waals surface area contributed by atoms with Crippen LogP contribution in [0.3, 0.4) is 0 Å². The van der Waals surface area contributed by atoms with E-state index in [2.05, 4.69) is 58.2 Å². The molecule has 0 spiro atoms. The fraction of sp³-hybridized carbons (Fsp3) is 0.371. The highest BCUT2D eigenvalue weighted by molar-refractivity contribution is 5.99. The van der Waals surface area contributed by atoms with Gasteiger partial charge in [0.05, 0.1) is 6.20 Å². The van der Waals surface area contributed by atoms with Crippen molar-refractivity contribution < 1.29 is 9.59 Å². The smallest absolute Gasteiger partial charge is 0.253 e. The first-order valence-electron chi connectivity index (χ1n) is 15.1. The first-order chi connectivity index (χ1) is 20.7. The summed E-state index contributed by atoms with van der Waals surface area (Å²) in [5.41, 5.74) is 6.58. The lowest BCUT2D eigenvalue weighted by Gasteiger charge is -2.39. The average molecular weight is 577 g/mol. The van der Waals surface area contributed by atoms with Gasteiger partial charge in [-0.05, 0) is 86.4 Å². The first kappa shape index (κ1) is 28.8. The predicted octanol–water partition coefficient (Wildman–Crippen LogP) is 4.99. The average Bonchev–Trinajstić information content (AvgIpc) is 3.44. The number of amides is 1. The van der Waals surface area contributed by atoms with Gasteiger partial charge in [0.1, 0.15) is 5.82 Å². The Morgan fingerprint density at radius 3 is 2.28 bits per heavy atom. The third kappa shape index (κ3) is 6.25. The molecule has 2 aliphatic heterocycles. The van der Waals surface area contributed by atoms with Crippen LogP contribution in [0, 0.1) is 6.92 Å². The van der Waals surface area contributed by atoms with E-state index in [4.69, 9.17) is 0 Å². The van der Waals surface area contributed by atoms with Gasteiger partial charge in [0.2, 0.25) is 0 Å². The quantitative estimate of drug-likeness (QED) is 0.275. The maximum Gasteiger partial charge on any atom is 0.253 e. The SMILES string of the molecule is Cc1ccc(C(=O)N2CC(c3ccc(-c4cnn(C)c4)cc3)C2)cc1CC(=O)c1ccc(N(C)C2CCN(C)CC2)nc1. The number of pyridine rings is 1. The Morgan fingerprint density at radius 1 is 0.907 bits per heavy atom. The molecule has 222 valence electrons. The van der Waals surface area contributed by atoms with E-state index in [-0.39, 0.29) is 18.1 Å². The van der Waals surface area contributed by atoms with E-state index in [0.29, 0.717) is 36.2 Å². The minimum Gasteiger partial charge on any atom is -0.357 e. The molecule has 0 unspecified atom stereocenters. The third-order valence-corrected chi connectivity index (χ3v) is 9.20. The molecule has 2 aliphatic rings. The maximum atomic E-state index is 13.3. The van der Waals surface area contributed by atoms with Crippen LogP contribution in [-0.4, -0.2) is 82.6 Å². The minimum absolute atomic E-state index is 0.00689. The van der Waals surface area contributed by atoms with E-state index in [1.165, 1.54) is 5.56 Å². The van der Waals surface area contributed by atoms with Gasteiger partial charge in [-0.15, -0.1) is 0 Å². The van der Waals surface area contributed by atoms with Crippen LogP contribution in [0.15, 0.2) is 73.2 Å². The van der Waals surface area contributed by atoms with Crippen LogP contribution in [0.2, 0.25) is 0 Å². The molecule has 0 bridgehead atoms. The van der Waals surface area contributed by atoms with Crippen molar-refractivity contribution in [1.29, 1.82) is 0 Å². The normalized spacial score (nSPS) is 16.2. The summed E-state index contributed by atoms with van der Waals surface area (Å²) in [4.78, 5) is 37.7. The molecule has 43 heavy (non-hydrogen) atoms. The number of piperidine rings is 1. The van der Waals surface area contributed by atoms with Crippen molar-refractivity contribution in [3.63, 3.8) is 0 Å². The molecule has 0 radical (unpaired) electrons. The van der Waals surface area contributed by atoms with E-state index < -0.39 is 0 Å². The summed E-state index contributed by atoms with van der Waals surface area (Å²) >= 11 is 0. The summed E-state index contributed by atoms with van der Waals surface area (Å²) in [5.74, 6) is 1.24. The van der Waals surface area contributed by atoms with E-state index in [0.717, 1.165) is 54.0 Å². The molecule has 2 fully saturated rings. The Balaban J connectivity index is 1.05.